The lowest BCUT2D eigenvalue weighted by Crippen LogP contribution is -2.28. The average Bonchev–Trinajstić information content (AvgIpc) is 2.74. The number of nitrogens with one attached hydrogen (secondary N) is 1. The monoisotopic (exact) mass is 437 g/mol. The highest BCUT2D eigenvalue weighted by molar-refractivity contribution is 7.98. The summed E-state index contributed by atoms with van der Waals surface area (Å²) in [7, 11) is 0. The maximum atomic E-state index is 12.3. The summed E-state index contributed by atoms with van der Waals surface area (Å²) in [6.07, 6.45) is 2.71. The summed E-state index contributed by atoms with van der Waals surface area (Å²) < 4.78 is 4.94. The quantitative estimate of drug-likeness (QED) is 0.405. The van der Waals surface area contributed by atoms with E-state index in [9.17, 15) is 9.59 Å². The molecule has 2 aromatic carbocycles. The summed E-state index contributed by atoms with van der Waals surface area (Å²) >= 11 is 1.41. The summed E-state index contributed by atoms with van der Waals surface area (Å²) in [4.78, 5) is 34.0. The van der Waals surface area contributed by atoms with Crippen molar-refractivity contribution in [2.45, 2.75) is 25.2 Å². The van der Waals surface area contributed by atoms with Crippen LogP contribution in [0.2, 0.25) is 0 Å². The van der Waals surface area contributed by atoms with Gasteiger partial charge in [-0.05, 0) is 24.0 Å². The molecule has 0 saturated heterocycles. The molecule has 0 unspecified atom stereocenters. The van der Waals surface area contributed by atoms with Crippen molar-refractivity contribution in [1.82, 2.24) is 14.9 Å². The van der Waals surface area contributed by atoms with E-state index in [1.54, 1.807) is 29.3 Å². The number of ether oxygens (including phenoxy) is 1. The van der Waals surface area contributed by atoms with Crippen LogP contribution in [-0.2, 0) is 17.9 Å². The number of primary amides is 1. The Labute approximate surface area is 184 Å². The molecule has 3 aromatic rings. The summed E-state index contributed by atoms with van der Waals surface area (Å²) in [6.45, 7) is 2.35. The highest BCUT2D eigenvalue weighted by atomic mass is 32.2. The number of carbonyl (C=O) groups excluding carboxylic acids is 2. The Balaban J connectivity index is 1.87. The number of nitrogens with zero attached hydrogens (tertiary/aromatic N) is 3. The van der Waals surface area contributed by atoms with Crippen LogP contribution in [0.3, 0.4) is 0 Å². The fourth-order valence-electron chi connectivity index (χ4n) is 2.89. The lowest BCUT2D eigenvalue weighted by atomic mass is 10.2. The average molecular weight is 438 g/mol. The van der Waals surface area contributed by atoms with Crippen molar-refractivity contribution in [2.24, 2.45) is 5.73 Å². The van der Waals surface area contributed by atoms with Gasteiger partial charge >= 0.3 is 6.09 Å². The number of rotatable bonds is 8. The molecular formula is C22H23N5O3S. The fraction of sp³-hybridized carbons (Fsp3) is 0.182. The van der Waals surface area contributed by atoms with E-state index in [0.29, 0.717) is 35.5 Å². The van der Waals surface area contributed by atoms with E-state index in [-0.39, 0.29) is 5.91 Å². The molecule has 0 saturated carbocycles. The smallest absolute Gasteiger partial charge is 0.409 e. The minimum Gasteiger partial charge on any atom is -0.410 e. The zero-order valence-corrected chi connectivity index (χ0v) is 18.1. The molecule has 0 aliphatic heterocycles. The van der Waals surface area contributed by atoms with E-state index in [1.807, 2.05) is 42.7 Å². The van der Waals surface area contributed by atoms with Crippen LogP contribution in [0.25, 0.3) is 0 Å². The second kappa shape index (κ2) is 10.4. The molecule has 0 atom stereocenters. The molecule has 0 spiro atoms. The van der Waals surface area contributed by atoms with Gasteiger partial charge < -0.3 is 20.7 Å². The Kier molecular flexibility index (Phi) is 7.45. The van der Waals surface area contributed by atoms with Crippen molar-refractivity contribution in [2.75, 3.05) is 11.6 Å². The fourth-order valence-corrected chi connectivity index (χ4v) is 3.23. The van der Waals surface area contributed by atoms with E-state index in [4.69, 9.17) is 10.5 Å². The minimum absolute atomic E-state index is 0.0550. The number of benzene rings is 2. The number of hydrogen-bond donors (Lipinski definition) is 2. The molecule has 3 N–H and O–H groups in total. The topological polar surface area (TPSA) is 110 Å². The van der Waals surface area contributed by atoms with Crippen molar-refractivity contribution < 1.29 is 14.3 Å². The standard InChI is InChI=1S/C22H23N5O3S/c1-15(28)27(13-16-7-4-3-5-8-16)14-17-12-24-22(31-2)26-20(17)25-18-9-6-10-19(11-18)30-21(23)29/h3-12H,13-14H2,1-2H3,(H2,23,29)(H,24,25,26). The third-order valence-electron chi connectivity index (χ3n) is 4.36. The largest absolute Gasteiger partial charge is 0.410 e. The first-order valence-electron chi connectivity index (χ1n) is 9.48. The van der Waals surface area contributed by atoms with Crippen LogP contribution in [0.4, 0.5) is 16.3 Å². The first-order chi connectivity index (χ1) is 14.9. The lowest BCUT2D eigenvalue weighted by Gasteiger charge is -2.23. The first-order valence-corrected chi connectivity index (χ1v) is 10.7. The number of anilines is 2. The maximum absolute atomic E-state index is 12.3. The molecular weight excluding hydrogens is 414 g/mol. The molecule has 0 aliphatic rings. The SMILES string of the molecule is CSc1ncc(CN(Cc2ccccc2)C(C)=O)c(Nc2cccc(OC(N)=O)c2)n1. The van der Waals surface area contributed by atoms with Crippen LogP contribution in [0.1, 0.15) is 18.1 Å². The summed E-state index contributed by atoms with van der Waals surface area (Å²) in [5, 5.41) is 3.83. The van der Waals surface area contributed by atoms with Crippen LogP contribution in [0.5, 0.6) is 5.75 Å². The van der Waals surface area contributed by atoms with Crippen LogP contribution >= 0.6 is 11.8 Å². The normalized spacial score (nSPS) is 10.4. The minimum atomic E-state index is -0.887. The second-order valence-corrected chi connectivity index (χ2v) is 7.44. The van der Waals surface area contributed by atoms with E-state index in [0.717, 1.165) is 11.1 Å². The summed E-state index contributed by atoms with van der Waals surface area (Å²) in [5.41, 5.74) is 7.54. The molecule has 160 valence electrons. The Hall–Kier alpha value is -3.59. The molecule has 0 fully saturated rings. The zero-order chi connectivity index (χ0) is 22.2. The molecule has 0 radical (unpaired) electrons. The van der Waals surface area contributed by atoms with Gasteiger partial charge in [-0.15, -0.1) is 0 Å². The molecule has 1 aromatic heterocycles. The highest BCUT2D eigenvalue weighted by Crippen LogP contribution is 2.25. The molecule has 3 rings (SSSR count). The van der Waals surface area contributed by atoms with Crippen LogP contribution in [0, 0.1) is 0 Å². The number of hydrogen-bond acceptors (Lipinski definition) is 7. The number of nitrogens with two attached hydrogens (primary N) is 1. The van der Waals surface area contributed by atoms with Crippen LogP contribution in [-0.4, -0.2) is 33.1 Å². The summed E-state index contributed by atoms with van der Waals surface area (Å²) in [6, 6.07) is 16.6. The van der Waals surface area contributed by atoms with Gasteiger partial charge in [0.1, 0.15) is 11.6 Å². The highest BCUT2D eigenvalue weighted by Gasteiger charge is 2.15. The van der Waals surface area contributed by atoms with E-state index in [2.05, 4.69) is 15.3 Å². The van der Waals surface area contributed by atoms with E-state index < -0.39 is 6.09 Å². The molecule has 8 nitrogen and oxygen atoms in total. The number of aromatic nitrogens is 2. The van der Waals surface area contributed by atoms with Crippen molar-refractivity contribution in [1.29, 1.82) is 0 Å². The van der Waals surface area contributed by atoms with Gasteiger partial charge in [0.25, 0.3) is 0 Å². The van der Waals surface area contributed by atoms with Gasteiger partial charge in [0.15, 0.2) is 5.16 Å². The van der Waals surface area contributed by atoms with Gasteiger partial charge in [0, 0.05) is 37.0 Å². The van der Waals surface area contributed by atoms with E-state index in [1.165, 1.54) is 18.7 Å². The van der Waals surface area contributed by atoms with Gasteiger partial charge in [0.05, 0.1) is 6.54 Å². The van der Waals surface area contributed by atoms with E-state index >= 15 is 0 Å². The first kappa shape index (κ1) is 22.1. The van der Waals surface area contributed by atoms with Crippen molar-refractivity contribution in [3.63, 3.8) is 0 Å². The van der Waals surface area contributed by atoms with Crippen LogP contribution < -0.4 is 15.8 Å². The Morgan fingerprint density at radius 2 is 1.90 bits per heavy atom. The molecule has 9 heteroatoms. The molecule has 0 bridgehead atoms. The van der Waals surface area contributed by atoms with Crippen LogP contribution in [0.15, 0.2) is 66.0 Å². The van der Waals surface area contributed by atoms with Gasteiger partial charge in [0.2, 0.25) is 5.91 Å². The molecule has 31 heavy (non-hydrogen) atoms. The number of carbonyl (C=O) groups is 2. The molecule has 2 amide bonds. The number of amides is 2. The van der Waals surface area contributed by atoms with Gasteiger partial charge in [-0.2, -0.15) is 0 Å². The third kappa shape index (κ3) is 6.45. The zero-order valence-electron chi connectivity index (χ0n) is 17.2. The second-order valence-electron chi connectivity index (χ2n) is 6.67. The lowest BCUT2D eigenvalue weighted by molar-refractivity contribution is -0.130. The van der Waals surface area contributed by atoms with Gasteiger partial charge in [-0.25, -0.2) is 14.8 Å². The van der Waals surface area contributed by atoms with Gasteiger partial charge in [-0.1, -0.05) is 48.2 Å². The predicted octanol–water partition coefficient (Wildman–Crippen LogP) is 3.95. The molecule has 0 aliphatic carbocycles. The van der Waals surface area contributed by atoms with Crippen molar-refractivity contribution in [3.05, 3.63) is 71.9 Å². The van der Waals surface area contributed by atoms with Crippen molar-refractivity contribution in [3.8, 4) is 5.75 Å². The van der Waals surface area contributed by atoms with Crippen molar-refractivity contribution >= 4 is 35.3 Å². The Morgan fingerprint density at radius 3 is 2.58 bits per heavy atom. The number of thioether (sulfide) groups is 1. The molecule has 1 heterocycles. The summed E-state index contributed by atoms with van der Waals surface area (Å²) in [5.74, 6) is 0.822. The van der Waals surface area contributed by atoms with Gasteiger partial charge in [-0.3, -0.25) is 4.79 Å². The Bertz CT molecular complexity index is 1060. The third-order valence-corrected chi connectivity index (χ3v) is 4.92. The Morgan fingerprint density at radius 1 is 1.13 bits per heavy atom. The predicted molar refractivity (Wildman–Crippen MR) is 120 cm³/mol. The maximum Gasteiger partial charge on any atom is 0.409 e.